The highest BCUT2D eigenvalue weighted by Gasteiger charge is 2.37. The number of ether oxygens (including phenoxy) is 2. The van der Waals surface area contributed by atoms with E-state index in [1.165, 1.54) is 36.0 Å². The average Bonchev–Trinajstić information content (AvgIpc) is 3.36. The van der Waals surface area contributed by atoms with Crippen molar-refractivity contribution in [2.45, 2.75) is 83.8 Å². The summed E-state index contributed by atoms with van der Waals surface area (Å²) in [5, 5.41) is 9.53. The Hall–Kier alpha value is -3.34. The number of aryl methyl sites for hydroxylation is 1. The Bertz CT molecular complexity index is 1250. The third kappa shape index (κ3) is 5.16. The SMILES string of the molecule is COc1nc2c(c(N3CCN(C(=O)OC(C)(C)C)C(CC#N)C3)n1)CC(C)C(c1cccc3c1CCC3)C2. The molecule has 3 atom stereocenters. The van der Waals surface area contributed by atoms with E-state index in [4.69, 9.17) is 19.4 Å². The summed E-state index contributed by atoms with van der Waals surface area (Å²) in [5.41, 5.74) is 6.17. The molecule has 1 saturated heterocycles. The van der Waals surface area contributed by atoms with Gasteiger partial charge in [0.15, 0.2) is 0 Å². The summed E-state index contributed by atoms with van der Waals surface area (Å²) in [7, 11) is 1.61. The normalized spacial score (nSPS) is 22.9. The van der Waals surface area contributed by atoms with Crippen molar-refractivity contribution in [3.05, 3.63) is 46.1 Å². The van der Waals surface area contributed by atoms with Crippen LogP contribution in [0.25, 0.3) is 0 Å². The Morgan fingerprint density at radius 2 is 1.97 bits per heavy atom. The lowest BCUT2D eigenvalue weighted by atomic mass is 9.73. The van der Waals surface area contributed by atoms with E-state index in [1.54, 1.807) is 17.6 Å². The van der Waals surface area contributed by atoms with E-state index in [2.05, 4.69) is 36.1 Å². The number of benzene rings is 1. The number of nitriles is 1. The summed E-state index contributed by atoms with van der Waals surface area (Å²) in [6, 6.07) is 9.17. The molecule has 0 spiro atoms. The lowest BCUT2D eigenvalue weighted by Crippen LogP contribution is -2.56. The number of fused-ring (bicyclic) bond motifs is 2. The van der Waals surface area contributed by atoms with Crippen LogP contribution in [0.5, 0.6) is 6.01 Å². The number of methoxy groups -OCH3 is 1. The fourth-order valence-electron chi connectivity index (χ4n) is 6.40. The molecule has 2 aromatic rings. The van der Waals surface area contributed by atoms with Gasteiger partial charge in [-0.25, -0.2) is 4.79 Å². The van der Waals surface area contributed by atoms with E-state index in [1.807, 2.05) is 20.8 Å². The van der Waals surface area contributed by atoms with Crippen molar-refractivity contribution in [1.82, 2.24) is 14.9 Å². The van der Waals surface area contributed by atoms with Gasteiger partial charge < -0.3 is 19.3 Å². The minimum atomic E-state index is -0.587. The van der Waals surface area contributed by atoms with Gasteiger partial charge in [-0.3, -0.25) is 0 Å². The lowest BCUT2D eigenvalue weighted by Gasteiger charge is -2.42. The second-order valence-electron chi connectivity index (χ2n) is 11.9. The molecule has 2 heterocycles. The van der Waals surface area contributed by atoms with Crippen LogP contribution in [0.3, 0.4) is 0 Å². The highest BCUT2D eigenvalue weighted by atomic mass is 16.6. The van der Waals surface area contributed by atoms with Crippen LogP contribution in [0.1, 0.15) is 74.4 Å². The molecule has 0 saturated carbocycles. The predicted octanol–water partition coefficient (Wildman–Crippen LogP) is 4.83. The van der Waals surface area contributed by atoms with E-state index in [9.17, 15) is 10.1 Å². The Morgan fingerprint density at radius 1 is 1.16 bits per heavy atom. The smallest absolute Gasteiger partial charge is 0.410 e. The van der Waals surface area contributed by atoms with E-state index in [-0.39, 0.29) is 18.6 Å². The first-order chi connectivity index (χ1) is 18.2. The number of piperazine rings is 1. The van der Waals surface area contributed by atoms with Gasteiger partial charge >= 0.3 is 12.1 Å². The molecule has 0 N–H and O–H groups in total. The summed E-state index contributed by atoms with van der Waals surface area (Å²) in [5.74, 6) is 1.74. The Labute approximate surface area is 226 Å². The van der Waals surface area contributed by atoms with Crippen LogP contribution in [0.15, 0.2) is 18.2 Å². The van der Waals surface area contributed by atoms with Gasteiger partial charge in [0.1, 0.15) is 11.4 Å². The second-order valence-corrected chi connectivity index (χ2v) is 11.9. The number of carbonyl (C=O) groups excluding carboxylic acids is 1. The van der Waals surface area contributed by atoms with Gasteiger partial charge in [-0.1, -0.05) is 25.1 Å². The molecule has 8 heteroatoms. The van der Waals surface area contributed by atoms with Crippen molar-refractivity contribution in [3.63, 3.8) is 0 Å². The topological polar surface area (TPSA) is 91.6 Å². The van der Waals surface area contributed by atoms with Crippen LogP contribution in [0, 0.1) is 17.2 Å². The Balaban J connectivity index is 1.44. The fraction of sp³-hybridized carbons (Fsp3) is 0.600. The van der Waals surface area contributed by atoms with Crippen molar-refractivity contribution >= 4 is 11.9 Å². The van der Waals surface area contributed by atoms with Crippen LogP contribution < -0.4 is 9.64 Å². The highest BCUT2D eigenvalue weighted by Crippen LogP contribution is 2.43. The van der Waals surface area contributed by atoms with Crippen LogP contribution in [0.4, 0.5) is 10.6 Å². The predicted molar refractivity (Wildman–Crippen MR) is 146 cm³/mol. The zero-order valence-corrected chi connectivity index (χ0v) is 23.3. The summed E-state index contributed by atoms with van der Waals surface area (Å²) in [6.07, 6.45) is 5.20. The van der Waals surface area contributed by atoms with Crippen LogP contribution >= 0.6 is 0 Å². The maximum atomic E-state index is 12.9. The summed E-state index contributed by atoms with van der Waals surface area (Å²) >= 11 is 0. The maximum absolute atomic E-state index is 12.9. The first-order valence-corrected chi connectivity index (χ1v) is 13.8. The van der Waals surface area contributed by atoms with Gasteiger partial charge in [-0.15, -0.1) is 0 Å². The van der Waals surface area contributed by atoms with Crippen LogP contribution in [0.2, 0.25) is 0 Å². The molecule has 2 aliphatic carbocycles. The third-order valence-corrected chi connectivity index (χ3v) is 8.18. The quantitative estimate of drug-likeness (QED) is 0.573. The molecule has 3 aliphatic rings. The zero-order chi connectivity index (χ0) is 27.0. The number of hydrogen-bond acceptors (Lipinski definition) is 7. The molecule has 3 unspecified atom stereocenters. The molecule has 1 aromatic carbocycles. The lowest BCUT2D eigenvalue weighted by molar-refractivity contribution is 0.0144. The number of amides is 1. The van der Waals surface area contributed by atoms with E-state index < -0.39 is 5.60 Å². The standard InChI is InChI=1S/C30H39N5O3/c1-19-16-25-26(17-24(19)23-11-7-9-20-8-6-10-22(20)23)32-28(37-5)33-27(25)34-14-15-35(21(18-34)12-13-31)29(36)38-30(2,3)4/h7,9,11,19,21,24H,6,8,10,12,14-18H2,1-5H3. The zero-order valence-electron chi connectivity index (χ0n) is 23.3. The number of anilines is 1. The monoisotopic (exact) mass is 517 g/mol. The molecule has 5 rings (SSSR count). The van der Waals surface area contributed by atoms with E-state index >= 15 is 0 Å². The van der Waals surface area contributed by atoms with Crippen LogP contribution in [-0.4, -0.2) is 59.3 Å². The minimum Gasteiger partial charge on any atom is -0.467 e. The van der Waals surface area contributed by atoms with Crippen molar-refractivity contribution in [2.24, 2.45) is 5.92 Å². The van der Waals surface area contributed by atoms with Gasteiger partial charge in [0, 0.05) is 25.2 Å². The van der Waals surface area contributed by atoms with E-state index in [0.717, 1.165) is 24.4 Å². The van der Waals surface area contributed by atoms with Gasteiger partial charge in [-0.2, -0.15) is 15.2 Å². The fourth-order valence-corrected chi connectivity index (χ4v) is 6.40. The van der Waals surface area contributed by atoms with Gasteiger partial charge in [0.2, 0.25) is 0 Å². The number of rotatable bonds is 4. The third-order valence-electron chi connectivity index (χ3n) is 8.18. The summed E-state index contributed by atoms with van der Waals surface area (Å²) in [4.78, 5) is 26.5. The number of hydrogen-bond donors (Lipinski definition) is 0. The molecular weight excluding hydrogens is 478 g/mol. The first-order valence-electron chi connectivity index (χ1n) is 13.8. The average molecular weight is 518 g/mol. The van der Waals surface area contributed by atoms with Crippen molar-refractivity contribution < 1.29 is 14.3 Å². The molecule has 1 aliphatic heterocycles. The Kier molecular flexibility index (Phi) is 7.21. The van der Waals surface area contributed by atoms with Gasteiger partial charge in [0.05, 0.1) is 31.3 Å². The summed E-state index contributed by atoms with van der Waals surface area (Å²) in [6.45, 7) is 9.51. The molecule has 8 nitrogen and oxygen atoms in total. The van der Waals surface area contributed by atoms with Crippen LogP contribution in [-0.2, 0) is 30.4 Å². The number of nitrogens with zero attached hydrogens (tertiary/aromatic N) is 5. The van der Waals surface area contributed by atoms with Gasteiger partial charge in [-0.05, 0) is 81.4 Å². The maximum Gasteiger partial charge on any atom is 0.410 e. The number of carbonyl (C=O) groups is 1. The molecule has 1 aromatic heterocycles. The second kappa shape index (κ2) is 10.4. The summed E-state index contributed by atoms with van der Waals surface area (Å²) < 4.78 is 11.2. The largest absolute Gasteiger partial charge is 0.467 e. The molecule has 0 radical (unpaired) electrons. The molecule has 1 amide bonds. The van der Waals surface area contributed by atoms with Crippen molar-refractivity contribution in [2.75, 3.05) is 31.6 Å². The molecule has 0 bridgehead atoms. The molecule has 202 valence electrons. The Morgan fingerprint density at radius 3 is 2.71 bits per heavy atom. The van der Waals surface area contributed by atoms with E-state index in [0.29, 0.717) is 37.5 Å². The number of aromatic nitrogens is 2. The highest BCUT2D eigenvalue weighted by molar-refractivity contribution is 5.69. The molecule has 38 heavy (non-hydrogen) atoms. The van der Waals surface area contributed by atoms with Gasteiger partial charge in [0.25, 0.3) is 0 Å². The van der Waals surface area contributed by atoms with Crippen molar-refractivity contribution in [1.29, 1.82) is 5.26 Å². The molecule has 1 fully saturated rings. The molecular formula is C30H39N5O3. The first kappa shape index (κ1) is 26.3. The minimum absolute atomic E-state index is 0.234. The van der Waals surface area contributed by atoms with Crippen molar-refractivity contribution in [3.8, 4) is 12.1 Å².